The van der Waals surface area contributed by atoms with Gasteiger partial charge in [-0.3, -0.25) is 0 Å². The molecule has 0 aliphatic carbocycles. The normalized spacial score (nSPS) is 12.5. The number of ether oxygens (including phenoxy) is 1. The van der Waals surface area contributed by atoms with E-state index in [1.165, 1.54) is 18.2 Å². The van der Waals surface area contributed by atoms with E-state index in [0.29, 0.717) is 18.1 Å². The standard InChI is InChI=1S/C31H35BrN6O5S/c1-19-8-6-9-20(2)28(19)25-13-27(37-30(36-25)38-44(41,42)24-11-7-10-21(12-24)29(39)40)43-18-23(14-31(3,4)5)33-17-26-34-15-22(32)16-35-26/h6-13,15-16,23,33H,14,17-18H2,1-5H3,(H,39,40)(H,36,37,38)/t23-/m1/s1. The fourth-order valence-electron chi connectivity index (χ4n) is 4.65. The van der Waals surface area contributed by atoms with Gasteiger partial charge in [0.1, 0.15) is 12.4 Å². The molecule has 0 saturated heterocycles. The Bertz CT molecular complexity index is 1720. The van der Waals surface area contributed by atoms with Gasteiger partial charge in [-0.05, 0) is 70.9 Å². The van der Waals surface area contributed by atoms with Crippen LogP contribution < -0.4 is 14.8 Å². The molecule has 1 atom stereocenters. The SMILES string of the molecule is Cc1cccc(C)c1-c1cc(OC[C@@H](CC(C)(C)C)NCc2ncc(Br)cn2)nc(NS(=O)(=O)c2cccc(C(=O)O)c2)n1. The summed E-state index contributed by atoms with van der Waals surface area (Å²) in [5, 5.41) is 12.8. The number of hydrogen-bond donors (Lipinski definition) is 3. The molecule has 232 valence electrons. The van der Waals surface area contributed by atoms with Crippen LogP contribution in [0.4, 0.5) is 5.95 Å². The Morgan fingerprint density at radius 1 is 1.02 bits per heavy atom. The van der Waals surface area contributed by atoms with Gasteiger partial charge in [-0.25, -0.2) is 32.9 Å². The summed E-state index contributed by atoms with van der Waals surface area (Å²) < 4.78 is 36.0. The van der Waals surface area contributed by atoms with E-state index in [9.17, 15) is 18.3 Å². The maximum atomic E-state index is 13.3. The van der Waals surface area contributed by atoms with Crippen LogP contribution in [-0.4, -0.2) is 52.1 Å². The first-order chi connectivity index (χ1) is 20.7. The van der Waals surface area contributed by atoms with Crippen molar-refractivity contribution in [1.82, 2.24) is 25.3 Å². The highest BCUT2D eigenvalue weighted by Gasteiger charge is 2.22. The van der Waals surface area contributed by atoms with Crippen molar-refractivity contribution in [2.75, 3.05) is 11.3 Å². The Morgan fingerprint density at radius 2 is 1.68 bits per heavy atom. The van der Waals surface area contributed by atoms with Crippen molar-refractivity contribution in [2.24, 2.45) is 5.41 Å². The van der Waals surface area contributed by atoms with Crippen LogP contribution in [0.1, 0.15) is 54.5 Å². The van der Waals surface area contributed by atoms with Crippen molar-refractivity contribution >= 4 is 37.9 Å². The summed E-state index contributed by atoms with van der Waals surface area (Å²) in [6.45, 7) is 10.9. The van der Waals surface area contributed by atoms with Crippen molar-refractivity contribution in [3.8, 4) is 17.1 Å². The monoisotopic (exact) mass is 682 g/mol. The van der Waals surface area contributed by atoms with E-state index in [0.717, 1.165) is 33.7 Å². The number of sulfonamides is 1. The Hall–Kier alpha value is -3.94. The van der Waals surface area contributed by atoms with E-state index in [-0.39, 0.29) is 40.4 Å². The molecule has 0 aliphatic rings. The molecule has 0 fully saturated rings. The van der Waals surface area contributed by atoms with Crippen molar-refractivity contribution in [3.63, 3.8) is 0 Å². The highest BCUT2D eigenvalue weighted by molar-refractivity contribution is 9.10. The van der Waals surface area contributed by atoms with E-state index in [4.69, 9.17) is 4.74 Å². The third-order valence-corrected chi connectivity index (χ3v) is 8.31. The van der Waals surface area contributed by atoms with Crippen molar-refractivity contribution in [1.29, 1.82) is 0 Å². The van der Waals surface area contributed by atoms with Crippen LogP contribution in [0.15, 0.2) is 70.3 Å². The number of aromatic carboxylic acids is 1. The first-order valence-corrected chi connectivity index (χ1v) is 16.1. The van der Waals surface area contributed by atoms with Crippen LogP contribution in [0.2, 0.25) is 0 Å². The summed E-state index contributed by atoms with van der Waals surface area (Å²) in [6, 6.07) is 12.5. The van der Waals surface area contributed by atoms with Gasteiger partial charge in [0.05, 0.1) is 27.2 Å². The number of carbonyl (C=O) groups is 1. The topological polar surface area (TPSA) is 156 Å². The summed E-state index contributed by atoms with van der Waals surface area (Å²) in [6.07, 6.45) is 4.14. The Morgan fingerprint density at radius 3 is 2.32 bits per heavy atom. The maximum absolute atomic E-state index is 13.3. The zero-order valence-corrected chi connectivity index (χ0v) is 27.5. The molecule has 2 aromatic heterocycles. The molecule has 0 radical (unpaired) electrons. The van der Waals surface area contributed by atoms with Crippen molar-refractivity contribution in [3.05, 3.63) is 87.9 Å². The van der Waals surface area contributed by atoms with Gasteiger partial charge in [-0.2, -0.15) is 4.98 Å². The molecule has 3 N–H and O–H groups in total. The van der Waals surface area contributed by atoms with Gasteiger partial charge in [0, 0.05) is 30.1 Å². The molecule has 2 heterocycles. The smallest absolute Gasteiger partial charge is 0.335 e. The number of anilines is 1. The zero-order valence-electron chi connectivity index (χ0n) is 25.1. The molecular formula is C31H35BrN6O5S. The fraction of sp³-hybridized carbons (Fsp3) is 0.323. The predicted octanol–water partition coefficient (Wildman–Crippen LogP) is 5.79. The van der Waals surface area contributed by atoms with Crippen LogP contribution in [0.5, 0.6) is 5.88 Å². The summed E-state index contributed by atoms with van der Waals surface area (Å²) in [4.78, 5) is 28.8. The predicted molar refractivity (Wildman–Crippen MR) is 171 cm³/mol. The number of halogens is 1. The highest BCUT2D eigenvalue weighted by Crippen LogP contribution is 2.30. The van der Waals surface area contributed by atoms with Gasteiger partial charge >= 0.3 is 5.97 Å². The average Bonchev–Trinajstić information content (AvgIpc) is 2.94. The fourth-order valence-corrected chi connectivity index (χ4v) is 5.84. The van der Waals surface area contributed by atoms with Gasteiger partial charge in [-0.1, -0.05) is 45.0 Å². The van der Waals surface area contributed by atoms with Gasteiger partial charge in [0.15, 0.2) is 0 Å². The molecule has 4 aromatic rings. The van der Waals surface area contributed by atoms with E-state index < -0.39 is 16.0 Å². The molecule has 0 unspecified atom stereocenters. The zero-order chi connectivity index (χ0) is 32.1. The minimum atomic E-state index is -4.23. The summed E-state index contributed by atoms with van der Waals surface area (Å²) in [5.41, 5.74) is 3.00. The van der Waals surface area contributed by atoms with E-state index >= 15 is 0 Å². The third kappa shape index (κ3) is 9.04. The lowest BCUT2D eigenvalue weighted by Crippen LogP contribution is -2.38. The molecular weight excluding hydrogens is 648 g/mol. The Kier molecular flexibility index (Phi) is 10.3. The summed E-state index contributed by atoms with van der Waals surface area (Å²) in [5.74, 6) is -0.633. The van der Waals surface area contributed by atoms with E-state index in [1.807, 2.05) is 32.0 Å². The number of nitrogens with zero attached hydrogens (tertiary/aromatic N) is 4. The van der Waals surface area contributed by atoms with Crippen molar-refractivity contribution < 1.29 is 23.1 Å². The van der Waals surface area contributed by atoms with Gasteiger partial charge in [0.2, 0.25) is 11.8 Å². The van der Waals surface area contributed by atoms with Gasteiger partial charge in [0.25, 0.3) is 10.0 Å². The van der Waals surface area contributed by atoms with Crippen LogP contribution >= 0.6 is 15.9 Å². The molecule has 11 nitrogen and oxygen atoms in total. The molecule has 0 amide bonds. The molecule has 0 bridgehead atoms. The number of aromatic nitrogens is 4. The summed E-state index contributed by atoms with van der Waals surface area (Å²) >= 11 is 3.35. The van der Waals surface area contributed by atoms with Crippen molar-refractivity contribution in [2.45, 2.75) is 58.5 Å². The second-order valence-electron chi connectivity index (χ2n) is 11.6. The number of aryl methyl sites for hydroxylation is 2. The number of nitrogens with one attached hydrogen (secondary N) is 2. The van der Waals surface area contributed by atoms with Gasteiger partial charge in [-0.15, -0.1) is 0 Å². The molecule has 4 rings (SSSR count). The molecule has 44 heavy (non-hydrogen) atoms. The molecule has 13 heteroatoms. The maximum Gasteiger partial charge on any atom is 0.335 e. The quantitative estimate of drug-likeness (QED) is 0.167. The Labute approximate surface area is 265 Å². The first-order valence-electron chi connectivity index (χ1n) is 13.8. The molecule has 2 aromatic carbocycles. The number of rotatable bonds is 12. The second-order valence-corrected chi connectivity index (χ2v) is 14.2. The number of benzene rings is 2. The average molecular weight is 684 g/mol. The number of hydrogen-bond acceptors (Lipinski definition) is 9. The number of carboxylic acid groups (broad SMARTS) is 1. The van der Waals surface area contributed by atoms with Crippen LogP contribution in [0.25, 0.3) is 11.3 Å². The van der Waals surface area contributed by atoms with E-state index in [1.54, 1.807) is 18.5 Å². The minimum Gasteiger partial charge on any atom is -0.478 e. The van der Waals surface area contributed by atoms with Crippen LogP contribution in [0.3, 0.4) is 0 Å². The second kappa shape index (κ2) is 13.8. The number of carboxylic acids is 1. The summed E-state index contributed by atoms with van der Waals surface area (Å²) in [7, 11) is -4.23. The first kappa shape index (κ1) is 33.0. The lowest BCUT2D eigenvalue weighted by molar-refractivity contribution is 0.0696. The highest BCUT2D eigenvalue weighted by atomic mass is 79.9. The van der Waals surface area contributed by atoms with Crippen LogP contribution in [0, 0.1) is 19.3 Å². The molecule has 0 spiro atoms. The lowest BCUT2D eigenvalue weighted by Gasteiger charge is -2.27. The van der Waals surface area contributed by atoms with E-state index in [2.05, 4.69) is 66.7 Å². The molecule has 0 aliphatic heterocycles. The lowest BCUT2D eigenvalue weighted by atomic mass is 9.88. The minimum absolute atomic E-state index is 0.0258. The largest absolute Gasteiger partial charge is 0.478 e. The Balaban J connectivity index is 1.65. The third-order valence-electron chi connectivity index (χ3n) is 6.57. The molecule has 0 saturated carbocycles. The van der Waals surface area contributed by atoms with Gasteiger partial charge < -0.3 is 15.2 Å². The van der Waals surface area contributed by atoms with Crippen LogP contribution in [-0.2, 0) is 16.6 Å².